The monoisotopic (exact) mass is 299 g/mol. The van der Waals surface area contributed by atoms with Gasteiger partial charge < -0.3 is 9.30 Å². The van der Waals surface area contributed by atoms with Crippen molar-refractivity contribution in [3.63, 3.8) is 0 Å². The summed E-state index contributed by atoms with van der Waals surface area (Å²) in [6.07, 6.45) is 1.13. The van der Waals surface area contributed by atoms with Crippen LogP contribution in [0, 0.1) is 21.4 Å². The van der Waals surface area contributed by atoms with E-state index < -0.39 is 10.5 Å². The van der Waals surface area contributed by atoms with Gasteiger partial charge in [-0.1, -0.05) is 18.2 Å². The van der Waals surface area contributed by atoms with Crippen molar-refractivity contribution in [3.8, 4) is 11.8 Å². The lowest BCUT2D eigenvalue weighted by Crippen LogP contribution is -2.23. The summed E-state index contributed by atoms with van der Waals surface area (Å²) in [6.45, 7) is 2.39. The fourth-order valence-electron chi connectivity index (χ4n) is 2.03. The molecule has 2 aromatic rings. The smallest absolute Gasteiger partial charge is 0.287 e. The number of nitriles is 1. The highest BCUT2D eigenvalue weighted by molar-refractivity contribution is 5.39. The molecule has 0 fully saturated rings. The molecular formula is C15H13N3O4. The minimum Gasteiger partial charge on any atom is -0.494 e. The Bertz CT molecular complexity index is 805. The number of hydrogen-bond donors (Lipinski definition) is 0. The Morgan fingerprint density at radius 2 is 2.14 bits per heavy atom. The van der Waals surface area contributed by atoms with Crippen LogP contribution >= 0.6 is 0 Å². The molecule has 2 rings (SSSR count). The van der Waals surface area contributed by atoms with Gasteiger partial charge in [0.1, 0.15) is 17.4 Å². The summed E-state index contributed by atoms with van der Waals surface area (Å²) in [5.74, 6) is 0.599. The molecule has 0 spiro atoms. The van der Waals surface area contributed by atoms with Gasteiger partial charge >= 0.3 is 0 Å². The van der Waals surface area contributed by atoms with Crippen LogP contribution in [0.3, 0.4) is 0 Å². The average Bonchev–Trinajstić information content (AvgIpc) is 2.51. The van der Waals surface area contributed by atoms with Crippen molar-refractivity contribution in [2.24, 2.45) is 0 Å². The Hall–Kier alpha value is -3.14. The van der Waals surface area contributed by atoms with Crippen LogP contribution < -0.4 is 10.3 Å². The van der Waals surface area contributed by atoms with Crippen LogP contribution in [-0.4, -0.2) is 16.1 Å². The first-order valence-corrected chi connectivity index (χ1v) is 6.56. The van der Waals surface area contributed by atoms with Crippen molar-refractivity contribution in [1.82, 2.24) is 4.57 Å². The summed E-state index contributed by atoms with van der Waals surface area (Å²) in [5.41, 5.74) is -0.427. The van der Waals surface area contributed by atoms with E-state index >= 15 is 0 Å². The van der Waals surface area contributed by atoms with E-state index in [4.69, 9.17) is 10.00 Å². The third-order valence-electron chi connectivity index (χ3n) is 3.02. The van der Waals surface area contributed by atoms with E-state index in [2.05, 4.69) is 0 Å². The molecule has 0 N–H and O–H groups in total. The van der Waals surface area contributed by atoms with Crippen molar-refractivity contribution in [2.45, 2.75) is 13.5 Å². The van der Waals surface area contributed by atoms with Crippen LogP contribution in [0.25, 0.3) is 0 Å². The van der Waals surface area contributed by atoms with E-state index in [0.29, 0.717) is 17.9 Å². The summed E-state index contributed by atoms with van der Waals surface area (Å²) in [6, 6.07) is 9.77. The number of para-hydroxylation sites is 1. The predicted octanol–water partition coefficient (Wildman–Crippen LogP) is 2.08. The zero-order chi connectivity index (χ0) is 16.1. The lowest BCUT2D eigenvalue weighted by atomic mass is 10.2. The molecule has 1 heterocycles. The van der Waals surface area contributed by atoms with Crippen LogP contribution in [0.15, 0.2) is 41.3 Å². The molecule has 0 unspecified atom stereocenters. The number of nitro groups is 1. The second-order valence-corrected chi connectivity index (χ2v) is 4.45. The van der Waals surface area contributed by atoms with Crippen LogP contribution in [0.1, 0.15) is 18.1 Å². The summed E-state index contributed by atoms with van der Waals surface area (Å²) >= 11 is 0. The molecule has 7 nitrogen and oxygen atoms in total. The molecule has 1 aromatic carbocycles. The summed E-state index contributed by atoms with van der Waals surface area (Å²) in [7, 11) is 0. The van der Waals surface area contributed by atoms with Crippen molar-refractivity contribution in [2.75, 3.05) is 6.61 Å². The summed E-state index contributed by atoms with van der Waals surface area (Å²) in [5, 5.41) is 19.9. The van der Waals surface area contributed by atoms with Gasteiger partial charge in [0.25, 0.3) is 11.2 Å². The zero-order valence-corrected chi connectivity index (χ0v) is 11.9. The lowest BCUT2D eigenvalue weighted by molar-refractivity contribution is -0.385. The molecule has 0 radical (unpaired) electrons. The third kappa shape index (κ3) is 3.12. The van der Waals surface area contributed by atoms with Crippen molar-refractivity contribution < 1.29 is 9.66 Å². The number of nitrogens with zero attached hydrogens (tertiary/aromatic N) is 3. The van der Waals surface area contributed by atoms with Gasteiger partial charge in [-0.25, -0.2) is 0 Å². The van der Waals surface area contributed by atoms with Gasteiger partial charge in [-0.3, -0.25) is 14.9 Å². The molecule has 7 heteroatoms. The van der Waals surface area contributed by atoms with E-state index in [1.807, 2.05) is 6.92 Å². The minimum atomic E-state index is -0.634. The van der Waals surface area contributed by atoms with Gasteiger partial charge in [0, 0.05) is 11.6 Å². The highest BCUT2D eigenvalue weighted by Crippen LogP contribution is 2.19. The highest BCUT2D eigenvalue weighted by atomic mass is 16.6. The molecule has 0 amide bonds. The molecule has 0 saturated carbocycles. The van der Waals surface area contributed by atoms with E-state index in [1.54, 1.807) is 30.3 Å². The van der Waals surface area contributed by atoms with Crippen LogP contribution in [0.2, 0.25) is 0 Å². The van der Waals surface area contributed by atoms with Crippen LogP contribution in [0.4, 0.5) is 5.69 Å². The third-order valence-corrected chi connectivity index (χ3v) is 3.02. The maximum Gasteiger partial charge on any atom is 0.287 e. The largest absolute Gasteiger partial charge is 0.494 e. The number of hydrogen-bond acceptors (Lipinski definition) is 5. The van der Waals surface area contributed by atoms with Crippen molar-refractivity contribution in [3.05, 3.63) is 68.1 Å². The van der Waals surface area contributed by atoms with Crippen LogP contribution in [-0.2, 0) is 6.54 Å². The highest BCUT2D eigenvalue weighted by Gasteiger charge is 2.15. The second-order valence-electron chi connectivity index (χ2n) is 4.45. The molecule has 1 aromatic heterocycles. The van der Waals surface area contributed by atoms with Crippen molar-refractivity contribution >= 4 is 5.69 Å². The van der Waals surface area contributed by atoms with E-state index in [-0.39, 0.29) is 17.8 Å². The maximum atomic E-state index is 12.1. The van der Waals surface area contributed by atoms with E-state index in [1.165, 1.54) is 0 Å². The average molecular weight is 299 g/mol. The fraction of sp³-hybridized carbons (Fsp3) is 0.200. The molecule has 0 bridgehead atoms. The van der Waals surface area contributed by atoms with Gasteiger partial charge in [0.15, 0.2) is 0 Å². The fourth-order valence-corrected chi connectivity index (χ4v) is 2.03. The molecule has 0 atom stereocenters. The molecule has 22 heavy (non-hydrogen) atoms. The standard InChI is InChI=1S/C15H13N3O4/c1-2-22-14-6-4-3-5-11(14)9-17-10-13(18(20)21)7-12(8-16)15(17)19/h3-7,10H,2,9H2,1H3. The molecule has 0 aliphatic heterocycles. The number of ether oxygens (including phenoxy) is 1. The predicted molar refractivity (Wildman–Crippen MR) is 78.8 cm³/mol. The minimum absolute atomic E-state index is 0.0887. The normalized spacial score (nSPS) is 10.0. The molecular weight excluding hydrogens is 286 g/mol. The Labute approximate surface area is 126 Å². The Balaban J connectivity index is 2.50. The molecule has 0 saturated heterocycles. The first-order valence-electron chi connectivity index (χ1n) is 6.56. The second kappa shape index (κ2) is 6.54. The lowest BCUT2D eigenvalue weighted by Gasteiger charge is -2.11. The van der Waals surface area contributed by atoms with Crippen LogP contribution in [0.5, 0.6) is 5.75 Å². The maximum absolute atomic E-state index is 12.1. The van der Waals surface area contributed by atoms with E-state index in [9.17, 15) is 14.9 Å². The molecule has 0 aliphatic carbocycles. The van der Waals surface area contributed by atoms with Gasteiger partial charge in [-0.2, -0.15) is 5.26 Å². The number of benzene rings is 1. The zero-order valence-electron chi connectivity index (χ0n) is 11.9. The summed E-state index contributed by atoms with van der Waals surface area (Å²) in [4.78, 5) is 22.4. The Morgan fingerprint density at radius 1 is 1.41 bits per heavy atom. The number of rotatable bonds is 5. The summed E-state index contributed by atoms with van der Waals surface area (Å²) < 4.78 is 6.62. The van der Waals surface area contributed by atoms with Crippen molar-refractivity contribution in [1.29, 1.82) is 5.26 Å². The molecule has 0 aliphatic rings. The van der Waals surface area contributed by atoms with E-state index in [0.717, 1.165) is 16.8 Å². The number of aromatic nitrogens is 1. The van der Waals surface area contributed by atoms with Gasteiger partial charge in [0.2, 0.25) is 0 Å². The van der Waals surface area contributed by atoms with Gasteiger partial charge in [0.05, 0.1) is 24.3 Å². The topological polar surface area (TPSA) is 98.2 Å². The SMILES string of the molecule is CCOc1ccccc1Cn1cc([N+](=O)[O-])cc(C#N)c1=O. The Morgan fingerprint density at radius 3 is 2.77 bits per heavy atom. The first-order chi connectivity index (χ1) is 10.6. The quantitative estimate of drug-likeness (QED) is 0.621. The first kappa shape index (κ1) is 15.3. The number of pyridine rings is 1. The molecule has 112 valence electrons. The van der Waals surface area contributed by atoms with Gasteiger partial charge in [-0.05, 0) is 13.0 Å². The Kier molecular flexibility index (Phi) is 4.53. The van der Waals surface area contributed by atoms with Gasteiger partial charge in [-0.15, -0.1) is 0 Å².